The van der Waals surface area contributed by atoms with Gasteiger partial charge in [0.15, 0.2) is 0 Å². The number of methoxy groups -OCH3 is 1. The third-order valence-electron chi connectivity index (χ3n) is 3.58. The molecule has 1 aromatic rings. The van der Waals surface area contributed by atoms with E-state index in [1.165, 1.54) is 7.11 Å². The number of hydrogen-bond donors (Lipinski definition) is 0. The van der Waals surface area contributed by atoms with Gasteiger partial charge in [-0.3, -0.25) is 4.79 Å². The number of anilines is 1. The SMILES string of the molecule is COC(=O)C[C@@H]1CCN(c2ncnc(C)c2C)C1. The summed E-state index contributed by atoms with van der Waals surface area (Å²) in [5.74, 6) is 1.24. The molecule has 0 amide bonds. The molecule has 0 radical (unpaired) electrons. The molecule has 0 aliphatic carbocycles. The minimum Gasteiger partial charge on any atom is -0.469 e. The molecule has 0 unspecified atom stereocenters. The van der Waals surface area contributed by atoms with Crippen molar-refractivity contribution in [3.05, 3.63) is 17.6 Å². The number of carbonyl (C=O) groups is 1. The van der Waals surface area contributed by atoms with Gasteiger partial charge < -0.3 is 9.64 Å². The molecule has 0 aromatic carbocycles. The van der Waals surface area contributed by atoms with Gasteiger partial charge in [-0.1, -0.05) is 0 Å². The Labute approximate surface area is 107 Å². The highest BCUT2D eigenvalue weighted by molar-refractivity contribution is 5.69. The fourth-order valence-corrected chi connectivity index (χ4v) is 2.36. The van der Waals surface area contributed by atoms with Gasteiger partial charge in [-0.2, -0.15) is 0 Å². The molecule has 0 spiro atoms. The number of ether oxygens (including phenoxy) is 1. The lowest BCUT2D eigenvalue weighted by Gasteiger charge is -2.19. The van der Waals surface area contributed by atoms with E-state index in [1.807, 2.05) is 13.8 Å². The molecule has 0 N–H and O–H groups in total. The Kier molecular flexibility index (Phi) is 3.79. The molecule has 5 heteroatoms. The van der Waals surface area contributed by atoms with Gasteiger partial charge in [0.2, 0.25) is 0 Å². The van der Waals surface area contributed by atoms with Crippen LogP contribution in [0.15, 0.2) is 6.33 Å². The summed E-state index contributed by atoms with van der Waals surface area (Å²) in [5.41, 5.74) is 2.13. The smallest absolute Gasteiger partial charge is 0.305 e. The van der Waals surface area contributed by atoms with E-state index in [0.29, 0.717) is 12.3 Å². The van der Waals surface area contributed by atoms with E-state index < -0.39 is 0 Å². The largest absolute Gasteiger partial charge is 0.469 e. The minimum absolute atomic E-state index is 0.127. The van der Waals surface area contributed by atoms with Gasteiger partial charge in [-0.25, -0.2) is 9.97 Å². The second-order valence-electron chi connectivity index (χ2n) is 4.79. The predicted octanol–water partition coefficient (Wildman–Crippen LogP) is 1.48. The van der Waals surface area contributed by atoms with Crippen molar-refractivity contribution in [2.24, 2.45) is 5.92 Å². The number of nitrogens with zero attached hydrogens (tertiary/aromatic N) is 3. The quantitative estimate of drug-likeness (QED) is 0.759. The third-order valence-corrected chi connectivity index (χ3v) is 3.58. The lowest BCUT2D eigenvalue weighted by molar-refractivity contribution is -0.141. The van der Waals surface area contributed by atoms with Crippen molar-refractivity contribution in [3.63, 3.8) is 0 Å². The zero-order valence-electron chi connectivity index (χ0n) is 11.1. The van der Waals surface area contributed by atoms with Crippen molar-refractivity contribution in [2.45, 2.75) is 26.7 Å². The molecule has 18 heavy (non-hydrogen) atoms. The number of hydrogen-bond acceptors (Lipinski definition) is 5. The molecule has 0 bridgehead atoms. The average Bonchev–Trinajstić information content (AvgIpc) is 2.80. The highest BCUT2D eigenvalue weighted by Gasteiger charge is 2.26. The van der Waals surface area contributed by atoms with Gasteiger partial charge in [0.1, 0.15) is 12.1 Å². The van der Waals surface area contributed by atoms with Crippen LogP contribution in [0.5, 0.6) is 0 Å². The number of aromatic nitrogens is 2. The maximum atomic E-state index is 11.3. The summed E-state index contributed by atoms with van der Waals surface area (Å²) in [6.45, 7) is 5.84. The van der Waals surface area contributed by atoms with Crippen LogP contribution in [-0.4, -0.2) is 36.1 Å². The fourth-order valence-electron chi connectivity index (χ4n) is 2.36. The van der Waals surface area contributed by atoms with Crippen LogP contribution in [0, 0.1) is 19.8 Å². The van der Waals surface area contributed by atoms with Crippen molar-refractivity contribution in [2.75, 3.05) is 25.1 Å². The maximum Gasteiger partial charge on any atom is 0.305 e. The van der Waals surface area contributed by atoms with E-state index in [9.17, 15) is 4.79 Å². The molecule has 1 fully saturated rings. The molecular weight excluding hydrogens is 230 g/mol. The van der Waals surface area contributed by atoms with Crippen LogP contribution in [-0.2, 0) is 9.53 Å². The summed E-state index contributed by atoms with van der Waals surface area (Å²) < 4.78 is 4.71. The Morgan fingerprint density at radius 3 is 3.00 bits per heavy atom. The number of rotatable bonds is 3. The van der Waals surface area contributed by atoms with Gasteiger partial charge in [0, 0.05) is 24.3 Å². The van der Waals surface area contributed by atoms with E-state index in [-0.39, 0.29) is 5.97 Å². The molecule has 1 aliphatic heterocycles. The summed E-state index contributed by atoms with van der Waals surface area (Å²) in [5, 5.41) is 0. The number of esters is 1. The van der Waals surface area contributed by atoms with E-state index in [4.69, 9.17) is 4.74 Å². The zero-order chi connectivity index (χ0) is 13.1. The molecule has 2 heterocycles. The van der Waals surface area contributed by atoms with Crippen LogP contribution in [0.1, 0.15) is 24.1 Å². The fraction of sp³-hybridized carbons (Fsp3) is 0.615. The summed E-state index contributed by atoms with van der Waals surface area (Å²) in [7, 11) is 1.44. The summed E-state index contributed by atoms with van der Waals surface area (Å²) in [6, 6.07) is 0. The Morgan fingerprint density at radius 1 is 1.50 bits per heavy atom. The lowest BCUT2D eigenvalue weighted by atomic mass is 10.1. The van der Waals surface area contributed by atoms with Crippen LogP contribution in [0.2, 0.25) is 0 Å². The van der Waals surface area contributed by atoms with Crippen LogP contribution in [0.3, 0.4) is 0 Å². The van der Waals surface area contributed by atoms with Crippen LogP contribution < -0.4 is 4.90 Å². The van der Waals surface area contributed by atoms with E-state index in [1.54, 1.807) is 6.33 Å². The highest BCUT2D eigenvalue weighted by Crippen LogP contribution is 2.27. The predicted molar refractivity (Wildman–Crippen MR) is 68.5 cm³/mol. The van der Waals surface area contributed by atoms with Crippen molar-refractivity contribution < 1.29 is 9.53 Å². The molecule has 0 saturated carbocycles. The molecule has 1 saturated heterocycles. The number of aryl methyl sites for hydroxylation is 1. The molecule has 98 valence electrons. The Morgan fingerprint density at radius 2 is 2.28 bits per heavy atom. The van der Waals surface area contributed by atoms with Gasteiger partial charge >= 0.3 is 5.97 Å². The first-order chi connectivity index (χ1) is 8.61. The third kappa shape index (κ3) is 2.60. The van der Waals surface area contributed by atoms with Crippen molar-refractivity contribution >= 4 is 11.8 Å². The van der Waals surface area contributed by atoms with Crippen LogP contribution >= 0.6 is 0 Å². The first-order valence-corrected chi connectivity index (χ1v) is 6.21. The van der Waals surface area contributed by atoms with Crippen molar-refractivity contribution in [3.8, 4) is 0 Å². The van der Waals surface area contributed by atoms with Crippen LogP contribution in [0.4, 0.5) is 5.82 Å². The maximum absolute atomic E-state index is 11.3. The standard InChI is InChI=1S/C13H19N3O2/c1-9-10(2)14-8-15-13(9)16-5-4-11(7-16)6-12(17)18-3/h8,11H,4-7H2,1-3H3/t11-/m0/s1. The van der Waals surface area contributed by atoms with Crippen molar-refractivity contribution in [1.82, 2.24) is 9.97 Å². The summed E-state index contributed by atoms with van der Waals surface area (Å²) >= 11 is 0. The monoisotopic (exact) mass is 249 g/mol. The minimum atomic E-state index is -0.127. The second kappa shape index (κ2) is 5.33. The Balaban J connectivity index is 2.04. The normalized spacial score (nSPS) is 19.1. The summed E-state index contributed by atoms with van der Waals surface area (Å²) in [6.07, 6.45) is 3.11. The molecule has 1 aromatic heterocycles. The molecule has 5 nitrogen and oxygen atoms in total. The van der Waals surface area contributed by atoms with Crippen LogP contribution in [0.25, 0.3) is 0 Å². The first kappa shape index (κ1) is 12.8. The van der Waals surface area contributed by atoms with E-state index in [0.717, 1.165) is 36.6 Å². The van der Waals surface area contributed by atoms with Gasteiger partial charge in [-0.05, 0) is 26.2 Å². The topological polar surface area (TPSA) is 55.3 Å². The first-order valence-electron chi connectivity index (χ1n) is 6.21. The van der Waals surface area contributed by atoms with Crippen molar-refractivity contribution in [1.29, 1.82) is 0 Å². The Hall–Kier alpha value is -1.65. The van der Waals surface area contributed by atoms with E-state index >= 15 is 0 Å². The molecular formula is C13H19N3O2. The van der Waals surface area contributed by atoms with E-state index in [2.05, 4.69) is 14.9 Å². The lowest BCUT2D eigenvalue weighted by Crippen LogP contribution is -2.23. The summed E-state index contributed by atoms with van der Waals surface area (Å²) in [4.78, 5) is 22.0. The number of carbonyl (C=O) groups excluding carboxylic acids is 1. The Bertz CT molecular complexity index is 448. The van der Waals surface area contributed by atoms with Gasteiger partial charge in [0.05, 0.1) is 13.5 Å². The zero-order valence-corrected chi connectivity index (χ0v) is 11.1. The molecule has 1 atom stereocenters. The highest BCUT2D eigenvalue weighted by atomic mass is 16.5. The average molecular weight is 249 g/mol. The molecule has 1 aliphatic rings. The second-order valence-corrected chi connectivity index (χ2v) is 4.79. The molecule has 2 rings (SSSR count). The van der Waals surface area contributed by atoms with Gasteiger partial charge in [0.25, 0.3) is 0 Å². The van der Waals surface area contributed by atoms with Gasteiger partial charge in [-0.15, -0.1) is 0 Å².